The van der Waals surface area contributed by atoms with Crippen molar-refractivity contribution in [1.82, 2.24) is 0 Å². The van der Waals surface area contributed by atoms with Gasteiger partial charge in [0.1, 0.15) is 0 Å². The quantitative estimate of drug-likeness (QED) is 0.0720. The van der Waals surface area contributed by atoms with Gasteiger partial charge in [0.15, 0.2) is 4.08 Å². The Morgan fingerprint density at radius 1 is 0.472 bits per heavy atom. The lowest BCUT2D eigenvalue weighted by atomic mass is 10.1. The number of carboxylic acids is 1. The molecule has 0 aliphatic rings. The Morgan fingerprint density at radius 3 is 0.944 bits per heavy atom. The summed E-state index contributed by atoms with van der Waals surface area (Å²) in [5.41, 5.74) is 0. The summed E-state index contributed by atoms with van der Waals surface area (Å²) in [6.07, 6.45) is 33.2. The molecule has 0 heterocycles. The van der Waals surface area contributed by atoms with Gasteiger partial charge in [-0.1, -0.05) is 162 Å². The van der Waals surface area contributed by atoms with Crippen LogP contribution in [0.3, 0.4) is 0 Å². The van der Waals surface area contributed by atoms with Crippen LogP contribution >= 0.6 is 23.5 Å². The normalized spacial score (nSPS) is 11.9. The fourth-order valence-electron chi connectivity index (χ4n) is 4.88. The number of thioether (sulfide) groups is 2. The number of hydrogen-bond acceptors (Lipinski definition) is 3. The lowest BCUT2D eigenvalue weighted by Crippen LogP contribution is -2.31. The van der Waals surface area contributed by atoms with E-state index in [1.807, 2.05) is 0 Å². The van der Waals surface area contributed by atoms with Crippen LogP contribution in [0.2, 0.25) is 0 Å². The van der Waals surface area contributed by atoms with E-state index in [-0.39, 0.29) is 0 Å². The van der Waals surface area contributed by atoms with Gasteiger partial charge in [-0.05, 0) is 30.8 Å². The molecule has 0 saturated carbocycles. The summed E-state index contributed by atoms with van der Waals surface area (Å²) in [6, 6.07) is 0. The van der Waals surface area contributed by atoms with E-state index in [4.69, 9.17) is 0 Å². The average molecular weight is 545 g/mol. The molecule has 0 aromatic rings. The Labute approximate surface area is 235 Å². The van der Waals surface area contributed by atoms with Gasteiger partial charge >= 0.3 is 5.97 Å². The lowest BCUT2D eigenvalue weighted by molar-refractivity contribution is -0.137. The maximum Gasteiger partial charge on any atom is 0.330 e. The predicted molar refractivity (Wildman–Crippen MR) is 168 cm³/mol. The number of unbranched alkanes of at least 4 members (excludes halogenated alkanes) is 22. The Morgan fingerprint density at radius 2 is 0.722 bits per heavy atom. The molecule has 0 saturated heterocycles. The zero-order valence-electron chi connectivity index (χ0n) is 24.8. The summed E-state index contributed by atoms with van der Waals surface area (Å²) in [5, 5.41) is 9.96. The topological polar surface area (TPSA) is 37.3 Å². The number of carboxylic acid groups (broad SMARTS) is 1. The molecular weight excluding hydrogens is 480 g/mol. The molecule has 0 bridgehead atoms. The van der Waals surface area contributed by atoms with Crippen molar-refractivity contribution < 1.29 is 9.90 Å². The molecule has 0 aromatic carbocycles. The van der Waals surface area contributed by atoms with Crippen molar-refractivity contribution in [3.8, 4) is 0 Å². The molecule has 4 heteroatoms. The smallest absolute Gasteiger partial charge is 0.330 e. The van der Waals surface area contributed by atoms with E-state index < -0.39 is 10.0 Å². The minimum Gasteiger partial charge on any atom is -0.480 e. The monoisotopic (exact) mass is 544 g/mol. The van der Waals surface area contributed by atoms with Crippen LogP contribution in [0.1, 0.15) is 181 Å². The summed E-state index contributed by atoms with van der Waals surface area (Å²) in [7, 11) is 0. The van der Waals surface area contributed by atoms with Gasteiger partial charge in [-0.15, -0.1) is 23.5 Å². The van der Waals surface area contributed by atoms with Gasteiger partial charge in [0, 0.05) is 0 Å². The fourth-order valence-corrected chi connectivity index (χ4v) is 7.73. The third-order valence-corrected chi connectivity index (χ3v) is 11.0. The molecule has 0 aliphatic carbocycles. The van der Waals surface area contributed by atoms with Gasteiger partial charge in [0.25, 0.3) is 0 Å². The van der Waals surface area contributed by atoms with Crippen molar-refractivity contribution in [3.05, 3.63) is 0 Å². The van der Waals surface area contributed by atoms with E-state index in [1.54, 1.807) is 23.5 Å². The molecular formula is C32H64O2S2. The number of rotatable bonds is 30. The van der Waals surface area contributed by atoms with E-state index >= 15 is 0 Å². The summed E-state index contributed by atoms with van der Waals surface area (Å²) in [6.45, 7) is 6.61. The van der Waals surface area contributed by atoms with Gasteiger partial charge in [0.05, 0.1) is 0 Å². The summed E-state index contributed by atoms with van der Waals surface area (Å²) < 4.78 is -0.629. The van der Waals surface area contributed by atoms with Crippen LogP contribution in [0.4, 0.5) is 0 Å². The molecule has 0 rings (SSSR count). The molecule has 0 unspecified atom stereocenters. The molecule has 0 fully saturated rings. The van der Waals surface area contributed by atoms with Crippen LogP contribution in [0.25, 0.3) is 0 Å². The first-order chi connectivity index (χ1) is 17.6. The molecule has 36 heavy (non-hydrogen) atoms. The van der Waals surface area contributed by atoms with E-state index in [2.05, 4.69) is 20.8 Å². The highest BCUT2D eigenvalue weighted by atomic mass is 32.2. The van der Waals surface area contributed by atoms with Crippen LogP contribution in [-0.4, -0.2) is 26.7 Å². The van der Waals surface area contributed by atoms with Gasteiger partial charge in [-0.25, -0.2) is 4.79 Å². The van der Waals surface area contributed by atoms with E-state index in [9.17, 15) is 9.90 Å². The molecule has 1 N–H and O–H groups in total. The lowest BCUT2D eigenvalue weighted by Gasteiger charge is -2.27. The minimum atomic E-state index is -0.629. The van der Waals surface area contributed by atoms with E-state index in [1.165, 1.54) is 141 Å². The summed E-state index contributed by atoms with van der Waals surface area (Å²) in [4.78, 5) is 12.1. The van der Waals surface area contributed by atoms with Crippen LogP contribution in [0.5, 0.6) is 0 Å². The maximum atomic E-state index is 12.1. The number of carbonyl (C=O) groups is 1. The second-order valence-corrected chi connectivity index (χ2v) is 13.9. The second-order valence-electron chi connectivity index (χ2n) is 10.9. The molecule has 0 aromatic heterocycles. The van der Waals surface area contributed by atoms with Crippen LogP contribution in [-0.2, 0) is 4.79 Å². The molecule has 0 radical (unpaired) electrons. The molecule has 0 atom stereocenters. The van der Waals surface area contributed by atoms with Crippen molar-refractivity contribution in [2.45, 2.75) is 185 Å². The molecule has 0 amide bonds. The average Bonchev–Trinajstić information content (AvgIpc) is 2.88. The van der Waals surface area contributed by atoms with Gasteiger partial charge in [-0.3, -0.25) is 0 Å². The van der Waals surface area contributed by atoms with Gasteiger partial charge in [-0.2, -0.15) is 0 Å². The first-order valence-corrected chi connectivity index (χ1v) is 18.1. The zero-order chi connectivity index (χ0) is 26.6. The SMILES string of the molecule is CCCCCCCCCCCCCCSC(CC)(SCCCCCCCCCCCCCC)C(=O)O. The molecule has 0 spiro atoms. The van der Waals surface area contributed by atoms with Crippen LogP contribution < -0.4 is 0 Å². The zero-order valence-corrected chi connectivity index (χ0v) is 26.4. The van der Waals surface area contributed by atoms with Crippen molar-refractivity contribution >= 4 is 29.5 Å². The molecule has 216 valence electrons. The number of aliphatic carboxylic acids is 1. The van der Waals surface area contributed by atoms with E-state index in [0.717, 1.165) is 24.3 Å². The Hall–Kier alpha value is 0.170. The highest BCUT2D eigenvalue weighted by molar-refractivity contribution is 8.19. The van der Waals surface area contributed by atoms with Crippen molar-refractivity contribution in [2.75, 3.05) is 11.5 Å². The Kier molecular flexibility index (Phi) is 28.3. The second kappa shape index (κ2) is 28.2. The molecule has 2 nitrogen and oxygen atoms in total. The number of hydrogen-bond donors (Lipinski definition) is 1. The predicted octanol–water partition coefficient (Wildman–Crippen LogP) is 12.0. The Bertz CT molecular complexity index is 425. The fraction of sp³-hybridized carbons (Fsp3) is 0.969. The first-order valence-electron chi connectivity index (χ1n) is 16.1. The highest BCUT2D eigenvalue weighted by Crippen LogP contribution is 2.41. The minimum absolute atomic E-state index is 0.613. The summed E-state index contributed by atoms with van der Waals surface area (Å²) >= 11 is 3.41. The largest absolute Gasteiger partial charge is 0.480 e. The maximum absolute atomic E-state index is 12.1. The van der Waals surface area contributed by atoms with Crippen LogP contribution in [0.15, 0.2) is 0 Å². The molecule has 0 aliphatic heterocycles. The van der Waals surface area contributed by atoms with Gasteiger partial charge in [0.2, 0.25) is 0 Å². The third kappa shape index (κ3) is 22.2. The van der Waals surface area contributed by atoms with Crippen molar-refractivity contribution in [1.29, 1.82) is 0 Å². The first kappa shape index (κ1) is 36.2. The highest BCUT2D eigenvalue weighted by Gasteiger charge is 2.37. The standard InChI is InChI=1S/C32H64O2S2/c1-4-7-9-11-13-15-17-19-21-23-25-27-29-35-32(6-3,31(33)34)36-30-28-26-24-22-20-18-16-14-12-10-8-5-2/h4-30H2,1-3H3,(H,33,34). The third-order valence-electron chi connectivity index (χ3n) is 7.46. The summed E-state index contributed by atoms with van der Waals surface area (Å²) in [5.74, 6) is 1.37. The Balaban J connectivity index is 3.71. The van der Waals surface area contributed by atoms with Gasteiger partial charge < -0.3 is 5.11 Å². The van der Waals surface area contributed by atoms with Crippen molar-refractivity contribution in [3.63, 3.8) is 0 Å². The van der Waals surface area contributed by atoms with E-state index in [0.29, 0.717) is 6.42 Å². The van der Waals surface area contributed by atoms with Crippen molar-refractivity contribution in [2.24, 2.45) is 0 Å². The van der Waals surface area contributed by atoms with Crippen LogP contribution in [0, 0.1) is 0 Å².